The largest absolute Gasteiger partial charge is 0.392 e. The molecule has 1 aromatic carbocycles. The van der Waals surface area contributed by atoms with Crippen molar-refractivity contribution in [2.24, 2.45) is 0 Å². The molecule has 2 N–H and O–H groups in total. The van der Waals surface area contributed by atoms with Crippen molar-refractivity contribution in [3.8, 4) is 0 Å². The molecule has 0 amide bonds. The lowest BCUT2D eigenvalue weighted by atomic mass is 10.2. The zero-order valence-electron chi connectivity index (χ0n) is 9.60. The van der Waals surface area contributed by atoms with E-state index < -0.39 is 10.0 Å². The second-order valence-electron chi connectivity index (χ2n) is 4.10. The molecule has 1 aliphatic heterocycles. The predicted octanol–water partition coefficient (Wildman–Crippen LogP) is 0.899. The standard InChI is InChI=1S/C11H14ClNO4S/c12-10-2-1-8(6-14)5-11(10)18(15,16)13-9-3-4-17-7-9/h1-2,5,9,13-14H,3-4,6-7H2. The normalized spacial score (nSPS) is 20.2. The van der Waals surface area contributed by atoms with Crippen molar-refractivity contribution in [3.05, 3.63) is 28.8 Å². The van der Waals surface area contributed by atoms with Crippen LogP contribution in [0.25, 0.3) is 0 Å². The summed E-state index contributed by atoms with van der Waals surface area (Å²) in [4.78, 5) is -0.0115. The van der Waals surface area contributed by atoms with Crippen molar-refractivity contribution >= 4 is 21.6 Å². The SMILES string of the molecule is O=S(=O)(NC1CCOC1)c1cc(CO)ccc1Cl. The minimum Gasteiger partial charge on any atom is -0.392 e. The number of halogens is 1. The van der Waals surface area contributed by atoms with Crippen LogP contribution in [0, 0.1) is 0 Å². The molecule has 100 valence electrons. The smallest absolute Gasteiger partial charge is 0.242 e. The number of nitrogens with one attached hydrogen (secondary N) is 1. The Hall–Kier alpha value is -0.660. The maximum Gasteiger partial charge on any atom is 0.242 e. The molecule has 0 spiro atoms. The maximum absolute atomic E-state index is 12.1. The van der Waals surface area contributed by atoms with Gasteiger partial charge in [-0.15, -0.1) is 0 Å². The number of aliphatic hydroxyl groups excluding tert-OH is 1. The number of aliphatic hydroxyl groups is 1. The number of benzene rings is 1. The summed E-state index contributed by atoms with van der Waals surface area (Å²) in [5.41, 5.74) is 0.502. The third-order valence-electron chi connectivity index (χ3n) is 2.72. The lowest BCUT2D eigenvalue weighted by molar-refractivity contribution is 0.192. The van der Waals surface area contributed by atoms with E-state index in [1.54, 1.807) is 6.07 Å². The Morgan fingerprint density at radius 3 is 2.89 bits per heavy atom. The molecule has 7 heteroatoms. The van der Waals surface area contributed by atoms with Gasteiger partial charge in [-0.25, -0.2) is 13.1 Å². The van der Waals surface area contributed by atoms with E-state index in [9.17, 15) is 8.42 Å². The molecule has 1 aromatic rings. The molecule has 18 heavy (non-hydrogen) atoms. The molecule has 1 atom stereocenters. The van der Waals surface area contributed by atoms with Gasteiger partial charge >= 0.3 is 0 Å². The number of hydrogen-bond donors (Lipinski definition) is 2. The zero-order chi connectivity index (χ0) is 13.2. The van der Waals surface area contributed by atoms with E-state index >= 15 is 0 Å². The highest BCUT2D eigenvalue weighted by Crippen LogP contribution is 2.23. The van der Waals surface area contributed by atoms with Gasteiger partial charge in [0, 0.05) is 12.6 Å². The fourth-order valence-electron chi connectivity index (χ4n) is 1.76. The Kier molecular flexibility index (Phi) is 4.24. The van der Waals surface area contributed by atoms with Crippen LogP contribution in [0.2, 0.25) is 5.02 Å². The molecular weight excluding hydrogens is 278 g/mol. The third-order valence-corrected chi connectivity index (χ3v) is 4.72. The topological polar surface area (TPSA) is 75.6 Å². The first-order valence-electron chi connectivity index (χ1n) is 5.52. The molecule has 0 aromatic heterocycles. The average Bonchev–Trinajstić information content (AvgIpc) is 2.81. The van der Waals surface area contributed by atoms with Crippen molar-refractivity contribution in [2.75, 3.05) is 13.2 Å². The van der Waals surface area contributed by atoms with Gasteiger partial charge in [-0.05, 0) is 24.1 Å². The van der Waals surface area contributed by atoms with Gasteiger partial charge in [-0.1, -0.05) is 17.7 Å². The van der Waals surface area contributed by atoms with Gasteiger partial charge in [0.1, 0.15) is 4.90 Å². The van der Waals surface area contributed by atoms with Crippen LogP contribution in [0.4, 0.5) is 0 Å². The van der Waals surface area contributed by atoms with E-state index in [2.05, 4.69) is 4.72 Å². The predicted molar refractivity (Wildman–Crippen MR) is 66.9 cm³/mol. The van der Waals surface area contributed by atoms with Gasteiger partial charge < -0.3 is 9.84 Å². The Bertz CT molecular complexity index is 526. The quantitative estimate of drug-likeness (QED) is 0.864. The molecule has 1 aliphatic rings. The minimum absolute atomic E-state index is 0.0115. The van der Waals surface area contributed by atoms with Crippen LogP contribution in [0.15, 0.2) is 23.1 Å². The van der Waals surface area contributed by atoms with Crippen LogP contribution in [0.5, 0.6) is 0 Å². The van der Waals surface area contributed by atoms with Gasteiger partial charge in [-0.3, -0.25) is 0 Å². The van der Waals surface area contributed by atoms with Crippen LogP contribution < -0.4 is 4.72 Å². The van der Waals surface area contributed by atoms with E-state index in [4.69, 9.17) is 21.4 Å². The van der Waals surface area contributed by atoms with Crippen molar-refractivity contribution in [1.29, 1.82) is 0 Å². The highest BCUT2D eigenvalue weighted by molar-refractivity contribution is 7.89. The Balaban J connectivity index is 2.27. The number of ether oxygens (including phenoxy) is 1. The summed E-state index contributed by atoms with van der Waals surface area (Å²) in [5.74, 6) is 0. The van der Waals surface area contributed by atoms with Gasteiger partial charge in [-0.2, -0.15) is 0 Å². The monoisotopic (exact) mass is 291 g/mol. The molecule has 1 heterocycles. The Morgan fingerprint density at radius 2 is 2.28 bits per heavy atom. The maximum atomic E-state index is 12.1. The first kappa shape index (κ1) is 13.8. The Labute approximate surface area is 111 Å². The lowest BCUT2D eigenvalue weighted by Crippen LogP contribution is -2.35. The van der Waals surface area contributed by atoms with Crippen LogP contribution in [-0.4, -0.2) is 32.8 Å². The van der Waals surface area contributed by atoms with Crippen LogP contribution in [-0.2, 0) is 21.4 Å². The molecule has 1 saturated heterocycles. The number of hydrogen-bond acceptors (Lipinski definition) is 4. The zero-order valence-corrected chi connectivity index (χ0v) is 11.2. The van der Waals surface area contributed by atoms with Gasteiger partial charge in [0.2, 0.25) is 10.0 Å². The summed E-state index contributed by atoms with van der Waals surface area (Å²) in [6.07, 6.45) is 0.649. The van der Waals surface area contributed by atoms with E-state index in [1.807, 2.05) is 0 Å². The van der Waals surface area contributed by atoms with Gasteiger partial charge in [0.05, 0.1) is 18.2 Å². The highest BCUT2D eigenvalue weighted by atomic mass is 35.5. The molecule has 1 unspecified atom stereocenters. The van der Waals surface area contributed by atoms with E-state index in [1.165, 1.54) is 12.1 Å². The summed E-state index contributed by atoms with van der Waals surface area (Å²) in [5, 5.41) is 9.16. The molecule has 0 radical (unpaired) electrons. The second-order valence-corrected chi connectivity index (χ2v) is 6.19. The van der Waals surface area contributed by atoms with Crippen molar-refractivity contribution in [3.63, 3.8) is 0 Å². The average molecular weight is 292 g/mol. The fraction of sp³-hybridized carbons (Fsp3) is 0.455. The number of sulfonamides is 1. The van der Waals surface area contributed by atoms with Crippen LogP contribution >= 0.6 is 11.6 Å². The lowest BCUT2D eigenvalue weighted by Gasteiger charge is -2.13. The summed E-state index contributed by atoms with van der Waals surface area (Å²) < 4.78 is 31.9. The van der Waals surface area contributed by atoms with E-state index in [0.717, 1.165) is 0 Å². The summed E-state index contributed by atoms with van der Waals surface area (Å²) >= 11 is 5.89. The Morgan fingerprint density at radius 1 is 1.50 bits per heavy atom. The van der Waals surface area contributed by atoms with Crippen LogP contribution in [0.1, 0.15) is 12.0 Å². The minimum atomic E-state index is -3.68. The molecule has 2 rings (SSSR count). The molecule has 0 saturated carbocycles. The van der Waals surface area contributed by atoms with Crippen molar-refractivity contribution in [2.45, 2.75) is 24.0 Å². The summed E-state index contributed by atoms with van der Waals surface area (Å²) in [6.45, 7) is 0.695. The second kappa shape index (κ2) is 5.54. The van der Waals surface area contributed by atoms with E-state index in [0.29, 0.717) is 25.2 Å². The fourth-order valence-corrected chi connectivity index (χ4v) is 3.57. The highest BCUT2D eigenvalue weighted by Gasteiger charge is 2.25. The molecule has 0 bridgehead atoms. The van der Waals surface area contributed by atoms with Gasteiger partial charge in [0.15, 0.2) is 0 Å². The summed E-state index contributed by atoms with van der Waals surface area (Å²) in [7, 11) is -3.68. The van der Waals surface area contributed by atoms with Crippen LogP contribution in [0.3, 0.4) is 0 Å². The third kappa shape index (κ3) is 3.02. The van der Waals surface area contributed by atoms with Crippen molar-refractivity contribution in [1.82, 2.24) is 4.72 Å². The molecule has 1 fully saturated rings. The van der Waals surface area contributed by atoms with E-state index in [-0.39, 0.29) is 22.6 Å². The first-order chi connectivity index (χ1) is 8.53. The van der Waals surface area contributed by atoms with Crippen molar-refractivity contribution < 1.29 is 18.3 Å². The molecule has 5 nitrogen and oxygen atoms in total. The van der Waals surface area contributed by atoms with Gasteiger partial charge in [0.25, 0.3) is 0 Å². The molecule has 0 aliphatic carbocycles. The first-order valence-corrected chi connectivity index (χ1v) is 7.38. The number of rotatable bonds is 4. The summed E-state index contributed by atoms with van der Waals surface area (Å²) in [6, 6.07) is 4.21. The molecular formula is C11H14ClNO4S.